The normalized spacial score (nSPS) is 40.5. The van der Waals surface area contributed by atoms with E-state index in [4.69, 9.17) is 5.53 Å². The smallest absolute Gasteiger partial charge is 0.282 e. The first-order chi connectivity index (χ1) is 17.5. The van der Waals surface area contributed by atoms with Gasteiger partial charge in [-0.25, -0.2) is 0 Å². The lowest BCUT2D eigenvalue weighted by molar-refractivity contribution is -0.385. The molecule has 0 heterocycles. The minimum Gasteiger partial charge on any atom is -0.393 e. The summed E-state index contributed by atoms with van der Waals surface area (Å²) in [5.74, 6) is 1.39. The van der Waals surface area contributed by atoms with Gasteiger partial charge < -0.3 is 15.5 Å². The number of aliphatic hydroxyl groups is 2. The first-order valence-electron chi connectivity index (χ1n) is 13.5. The molecular formula is C27H37N5O5. The number of amides is 1. The molecule has 10 nitrogen and oxygen atoms in total. The average Bonchev–Trinajstić information content (AvgIpc) is 3.14. The van der Waals surface area contributed by atoms with Gasteiger partial charge in [0.1, 0.15) is 5.56 Å². The molecule has 8 atom stereocenters. The van der Waals surface area contributed by atoms with Crippen LogP contribution in [-0.4, -0.2) is 39.3 Å². The summed E-state index contributed by atoms with van der Waals surface area (Å²) < 4.78 is 0. The highest BCUT2D eigenvalue weighted by atomic mass is 16.6. The van der Waals surface area contributed by atoms with Crippen molar-refractivity contribution in [2.75, 3.05) is 6.54 Å². The Kier molecular flexibility index (Phi) is 6.49. The second-order valence-corrected chi connectivity index (χ2v) is 12.4. The van der Waals surface area contributed by atoms with Crippen molar-refractivity contribution in [2.24, 2.45) is 39.6 Å². The van der Waals surface area contributed by atoms with Crippen LogP contribution in [0.25, 0.3) is 10.4 Å². The van der Waals surface area contributed by atoms with Crippen LogP contribution < -0.4 is 5.32 Å². The molecule has 3 N–H and O–H groups in total. The van der Waals surface area contributed by atoms with Gasteiger partial charge in [-0.3, -0.25) is 14.9 Å². The number of benzene rings is 1. The molecule has 4 saturated carbocycles. The minimum absolute atomic E-state index is 0.0191. The zero-order chi connectivity index (χ0) is 26.6. The summed E-state index contributed by atoms with van der Waals surface area (Å²) in [5.41, 5.74) is 7.05. The van der Waals surface area contributed by atoms with Gasteiger partial charge in [-0.15, -0.1) is 0 Å². The van der Waals surface area contributed by atoms with E-state index in [1.54, 1.807) is 0 Å². The number of hydrogen-bond donors (Lipinski definition) is 3. The van der Waals surface area contributed by atoms with Crippen molar-refractivity contribution in [2.45, 2.75) is 83.3 Å². The van der Waals surface area contributed by atoms with E-state index in [9.17, 15) is 25.1 Å². The van der Waals surface area contributed by atoms with E-state index >= 15 is 0 Å². The molecular weight excluding hydrogens is 474 g/mol. The van der Waals surface area contributed by atoms with Gasteiger partial charge in [-0.2, -0.15) is 0 Å². The molecule has 10 heteroatoms. The maximum absolute atomic E-state index is 13.1. The number of fused-ring (bicyclic) bond motifs is 5. The van der Waals surface area contributed by atoms with Crippen LogP contribution in [0.5, 0.6) is 0 Å². The molecule has 1 amide bonds. The van der Waals surface area contributed by atoms with Crippen LogP contribution in [0, 0.1) is 44.6 Å². The second-order valence-electron chi connectivity index (χ2n) is 12.4. The molecule has 0 aliphatic heterocycles. The van der Waals surface area contributed by atoms with Crippen LogP contribution in [-0.2, 0) is 0 Å². The fourth-order valence-corrected chi connectivity index (χ4v) is 8.94. The minimum atomic E-state index is -1.10. The van der Waals surface area contributed by atoms with Crippen LogP contribution in [0.4, 0.5) is 11.4 Å². The molecule has 0 spiro atoms. The Bertz CT molecular complexity index is 1150. The van der Waals surface area contributed by atoms with Gasteiger partial charge in [-0.1, -0.05) is 19.0 Å². The third-order valence-corrected chi connectivity index (χ3v) is 11.1. The van der Waals surface area contributed by atoms with Crippen LogP contribution >= 0.6 is 0 Å². The summed E-state index contributed by atoms with van der Waals surface area (Å²) in [6.45, 7) is 4.61. The van der Waals surface area contributed by atoms with E-state index in [1.165, 1.54) is 12.1 Å². The molecule has 4 fully saturated rings. The highest BCUT2D eigenvalue weighted by Gasteiger charge is 2.64. The molecule has 4 aliphatic carbocycles. The van der Waals surface area contributed by atoms with Gasteiger partial charge in [0, 0.05) is 28.6 Å². The molecule has 4 aliphatic rings. The summed E-state index contributed by atoms with van der Waals surface area (Å²) in [7, 11) is 0. The van der Waals surface area contributed by atoms with Crippen LogP contribution in [0.2, 0.25) is 0 Å². The average molecular weight is 512 g/mol. The Labute approximate surface area is 216 Å². The van der Waals surface area contributed by atoms with Gasteiger partial charge in [-0.05, 0) is 105 Å². The van der Waals surface area contributed by atoms with Gasteiger partial charge >= 0.3 is 0 Å². The number of carbonyl (C=O) groups excluding carboxylic acids is 1. The number of aliphatic hydroxyl groups excluding tert-OH is 1. The number of nitrogens with one attached hydrogen (secondary N) is 1. The third kappa shape index (κ3) is 4.10. The first kappa shape index (κ1) is 25.9. The summed E-state index contributed by atoms with van der Waals surface area (Å²) in [5, 5.41) is 39.9. The number of hydrogen-bond acceptors (Lipinski definition) is 6. The summed E-state index contributed by atoms with van der Waals surface area (Å²) in [6.07, 6.45) is 8.33. The lowest BCUT2D eigenvalue weighted by Gasteiger charge is -2.61. The van der Waals surface area contributed by atoms with Gasteiger partial charge in [0.05, 0.1) is 16.6 Å². The lowest BCUT2D eigenvalue weighted by Crippen LogP contribution is -2.59. The van der Waals surface area contributed by atoms with E-state index < -0.39 is 16.4 Å². The Morgan fingerprint density at radius 2 is 1.95 bits per heavy atom. The molecule has 0 saturated heterocycles. The maximum atomic E-state index is 13.1. The van der Waals surface area contributed by atoms with Crippen molar-refractivity contribution in [1.29, 1.82) is 0 Å². The second kappa shape index (κ2) is 9.26. The SMILES string of the molecule is C[C@]12CC[C@H](O)C[C@@H]1CC[C@@H]1[C@@H]2CC[C@@]2(C)[C@H]1CC[C@@]2(O)CNC(=O)c1cc(N=[N+]=[N-])ccc1[N+](=O)[O-]. The molecule has 5 rings (SSSR count). The molecule has 1 aromatic carbocycles. The van der Waals surface area contributed by atoms with Crippen molar-refractivity contribution < 1.29 is 19.9 Å². The predicted molar refractivity (Wildman–Crippen MR) is 137 cm³/mol. The molecule has 1 aromatic rings. The predicted octanol–water partition coefficient (Wildman–Crippen LogP) is 5.40. The van der Waals surface area contributed by atoms with Crippen molar-refractivity contribution >= 4 is 17.3 Å². The first-order valence-corrected chi connectivity index (χ1v) is 13.5. The van der Waals surface area contributed by atoms with Gasteiger partial charge in [0.15, 0.2) is 0 Å². The van der Waals surface area contributed by atoms with Crippen molar-refractivity contribution in [3.05, 3.63) is 44.3 Å². The zero-order valence-electron chi connectivity index (χ0n) is 21.6. The Balaban J connectivity index is 1.34. The van der Waals surface area contributed by atoms with Crippen LogP contribution in [0.1, 0.15) is 82.0 Å². The quantitative estimate of drug-likeness (QED) is 0.158. The van der Waals surface area contributed by atoms with Crippen molar-refractivity contribution in [1.82, 2.24) is 5.32 Å². The van der Waals surface area contributed by atoms with E-state index in [0.717, 1.165) is 57.4 Å². The zero-order valence-corrected chi connectivity index (χ0v) is 21.6. The number of carbonyl (C=O) groups is 1. The van der Waals surface area contributed by atoms with E-state index in [2.05, 4.69) is 29.2 Å². The largest absolute Gasteiger partial charge is 0.393 e. The highest BCUT2D eigenvalue weighted by Crippen LogP contribution is 2.68. The Morgan fingerprint density at radius 3 is 2.68 bits per heavy atom. The van der Waals surface area contributed by atoms with Crippen LogP contribution in [0.3, 0.4) is 0 Å². The number of nitrogens with zero attached hydrogens (tertiary/aromatic N) is 4. The molecule has 0 unspecified atom stereocenters. The van der Waals surface area contributed by atoms with E-state index in [0.29, 0.717) is 30.1 Å². The van der Waals surface area contributed by atoms with Crippen LogP contribution in [0.15, 0.2) is 23.3 Å². The third-order valence-electron chi connectivity index (χ3n) is 11.1. The van der Waals surface area contributed by atoms with Crippen molar-refractivity contribution in [3.63, 3.8) is 0 Å². The van der Waals surface area contributed by atoms with Gasteiger partial charge in [0.2, 0.25) is 0 Å². The fourth-order valence-electron chi connectivity index (χ4n) is 8.94. The Morgan fingerprint density at radius 1 is 1.19 bits per heavy atom. The van der Waals surface area contributed by atoms with Crippen molar-refractivity contribution in [3.8, 4) is 0 Å². The highest BCUT2D eigenvalue weighted by molar-refractivity contribution is 5.99. The summed E-state index contributed by atoms with van der Waals surface area (Å²) >= 11 is 0. The summed E-state index contributed by atoms with van der Waals surface area (Å²) in [4.78, 5) is 26.6. The fraction of sp³-hybridized carbons (Fsp3) is 0.741. The topological polar surface area (TPSA) is 161 Å². The molecule has 0 aromatic heterocycles. The Hall–Kier alpha value is -2.68. The number of nitro groups is 1. The van der Waals surface area contributed by atoms with E-state index in [-0.39, 0.29) is 40.4 Å². The molecule has 0 radical (unpaired) electrons. The molecule has 37 heavy (non-hydrogen) atoms. The molecule has 200 valence electrons. The lowest BCUT2D eigenvalue weighted by atomic mass is 9.44. The number of nitro benzene ring substituents is 1. The standard InChI is InChI=1S/C27H37N5O5/c1-25-10-7-18(33)13-16(25)3-5-19-21(25)8-11-26(2)22(19)9-12-27(26,35)15-29-24(34)20-14-17(30-31-28)4-6-23(20)32(36)37/h4,6,14,16,18-19,21-22,33,35H,3,5,7-13,15H2,1-2H3,(H,29,34)/t16-,18-,19+,21-,22-,25-,26-,27+/m0/s1. The summed E-state index contributed by atoms with van der Waals surface area (Å²) in [6, 6.07) is 3.66. The number of rotatable bonds is 5. The van der Waals surface area contributed by atoms with Gasteiger partial charge in [0.25, 0.3) is 11.6 Å². The maximum Gasteiger partial charge on any atom is 0.282 e. The molecule has 0 bridgehead atoms. The van der Waals surface area contributed by atoms with E-state index in [1.807, 2.05) is 0 Å². The monoisotopic (exact) mass is 511 g/mol. The number of azide groups is 1.